The van der Waals surface area contributed by atoms with Crippen molar-refractivity contribution in [3.8, 4) is 17.2 Å². The van der Waals surface area contributed by atoms with E-state index in [0.29, 0.717) is 11.5 Å². The fourth-order valence-electron chi connectivity index (χ4n) is 1.96. The molecule has 0 radical (unpaired) electrons. The molecule has 2 aromatic rings. The quantitative estimate of drug-likeness (QED) is 0.797. The van der Waals surface area contributed by atoms with Gasteiger partial charge in [0.2, 0.25) is 0 Å². The molecule has 0 aliphatic rings. The van der Waals surface area contributed by atoms with Crippen LogP contribution < -0.4 is 19.5 Å². The predicted molar refractivity (Wildman–Crippen MR) is 83.8 cm³/mol. The normalized spacial score (nSPS) is 10.0. The van der Waals surface area contributed by atoms with Gasteiger partial charge in [0.15, 0.2) is 0 Å². The molecule has 0 atom stereocenters. The molecule has 23 heavy (non-hydrogen) atoms. The average Bonchev–Trinajstić information content (AvgIpc) is 2.59. The number of hydrogen-bond donors (Lipinski definition) is 1. The standard InChI is InChI=1S/C17H18FNO4/c1-21-13-4-6-14(7-5-13)23-10-9-19-17(20)15-11-12(18)3-8-16(15)22-2/h3-8,11H,9-10H2,1-2H3,(H,19,20). The summed E-state index contributed by atoms with van der Waals surface area (Å²) in [7, 11) is 3.02. The highest BCUT2D eigenvalue weighted by Crippen LogP contribution is 2.19. The van der Waals surface area contributed by atoms with Crippen LogP contribution in [-0.2, 0) is 0 Å². The van der Waals surface area contributed by atoms with E-state index in [-0.39, 0.29) is 18.7 Å². The molecule has 1 amide bonds. The third kappa shape index (κ3) is 4.60. The molecule has 6 heteroatoms. The summed E-state index contributed by atoms with van der Waals surface area (Å²) in [6, 6.07) is 10.9. The first-order chi connectivity index (χ1) is 11.1. The van der Waals surface area contributed by atoms with Crippen molar-refractivity contribution in [2.75, 3.05) is 27.4 Å². The smallest absolute Gasteiger partial charge is 0.255 e. The molecule has 0 aliphatic carbocycles. The zero-order valence-electron chi connectivity index (χ0n) is 13.0. The first-order valence-electron chi connectivity index (χ1n) is 7.02. The lowest BCUT2D eigenvalue weighted by Gasteiger charge is -2.10. The van der Waals surface area contributed by atoms with Gasteiger partial charge in [-0.3, -0.25) is 4.79 Å². The number of carbonyl (C=O) groups excluding carboxylic acids is 1. The fourth-order valence-corrected chi connectivity index (χ4v) is 1.96. The highest BCUT2D eigenvalue weighted by Gasteiger charge is 2.12. The van der Waals surface area contributed by atoms with E-state index in [1.807, 2.05) is 0 Å². The first-order valence-corrected chi connectivity index (χ1v) is 7.02. The molecular formula is C17H18FNO4. The van der Waals surface area contributed by atoms with Crippen molar-refractivity contribution in [3.63, 3.8) is 0 Å². The molecule has 2 aromatic carbocycles. The number of carbonyl (C=O) groups is 1. The highest BCUT2D eigenvalue weighted by molar-refractivity contribution is 5.96. The molecule has 0 bridgehead atoms. The monoisotopic (exact) mass is 319 g/mol. The predicted octanol–water partition coefficient (Wildman–Crippen LogP) is 2.65. The Labute approximate surface area is 134 Å². The van der Waals surface area contributed by atoms with Crippen molar-refractivity contribution in [3.05, 3.63) is 53.8 Å². The van der Waals surface area contributed by atoms with Crippen LogP contribution in [0.2, 0.25) is 0 Å². The first kappa shape index (κ1) is 16.6. The second-order valence-electron chi connectivity index (χ2n) is 4.62. The van der Waals surface area contributed by atoms with Crippen LogP contribution in [0.15, 0.2) is 42.5 Å². The lowest BCUT2D eigenvalue weighted by Crippen LogP contribution is -2.28. The van der Waals surface area contributed by atoms with Crippen LogP contribution in [-0.4, -0.2) is 33.3 Å². The summed E-state index contributed by atoms with van der Waals surface area (Å²) in [5, 5.41) is 2.66. The van der Waals surface area contributed by atoms with E-state index >= 15 is 0 Å². The molecule has 1 N–H and O–H groups in total. The summed E-state index contributed by atoms with van der Waals surface area (Å²) in [5.74, 6) is 0.817. The number of benzene rings is 2. The molecule has 5 nitrogen and oxygen atoms in total. The van der Waals surface area contributed by atoms with E-state index < -0.39 is 11.7 Å². The maximum absolute atomic E-state index is 13.2. The molecule has 0 saturated carbocycles. The van der Waals surface area contributed by atoms with Gasteiger partial charge >= 0.3 is 0 Å². The van der Waals surface area contributed by atoms with E-state index in [2.05, 4.69) is 5.32 Å². The van der Waals surface area contributed by atoms with E-state index in [1.54, 1.807) is 31.4 Å². The summed E-state index contributed by atoms with van der Waals surface area (Å²) < 4.78 is 28.8. The van der Waals surface area contributed by atoms with Gasteiger partial charge in [-0.05, 0) is 42.5 Å². The van der Waals surface area contributed by atoms with E-state index in [1.165, 1.54) is 19.2 Å². The SMILES string of the molecule is COc1ccc(OCCNC(=O)c2cc(F)ccc2OC)cc1. The number of nitrogens with one attached hydrogen (secondary N) is 1. The summed E-state index contributed by atoms with van der Waals surface area (Å²) in [6.07, 6.45) is 0. The Morgan fingerprint density at radius 1 is 1.04 bits per heavy atom. The van der Waals surface area contributed by atoms with Gasteiger partial charge in [-0.25, -0.2) is 4.39 Å². The van der Waals surface area contributed by atoms with Gasteiger partial charge in [-0.1, -0.05) is 0 Å². The van der Waals surface area contributed by atoms with Crippen molar-refractivity contribution >= 4 is 5.91 Å². The lowest BCUT2D eigenvalue weighted by molar-refractivity contribution is 0.0943. The summed E-state index contributed by atoms with van der Waals surface area (Å²) in [5.41, 5.74) is 0.150. The number of halogens is 1. The molecule has 122 valence electrons. The number of amides is 1. The highest BCUT2D eigenvalue weighted by atomic mass is 19.1. The Hall–Kier alpha value is -2.76. The largest absolute Gasteiger partial charge is 0.497 e. The van der Waals surface area contributed by atoms with Crippen LogP contribution in [0.5, 0.6) is 17.2 Å². The van der Waals surface area contributed by atoms with Gasteiger partial charge in [-0.15, -0.1) is 0 Å². The van der Waals surface area contributed by atoms with Gasteiger partial charge < -0.3 is 19.5 Å². The van der Waals surface area contributed by atoms with Gasteiger partial charge in [0.25, 0.3) is 5.91 Å². The Morgan fingerprint density at radius 2 is 1.74 bits per heavy atom. The van der Waals surface area contributed by atoms with Gasteiger partial charge in [-0.2, -0.15) is 0 Å². The van der Waals surface area contributed by atoms with Gasteiger partial charge in [0, 0.05) is 0 Å². The molecular weight excluding hydrogens is 301 g/mol. The molecule has 2 rings (SSSR count). The third-order valence-electron chi connectivity index (χ3n) is 3.12. The van der Waals surface area contributed by atoms with Crippen molar-refractivity contribution in [1.82, 2.24) is 5.32 Å². The zero-order valence-corrected chi connectivity index (χ0v) is 13.0. The molecule has 0 saturated heterocycles. The summed E-state index contributed by atoms with van der Waals surface area (Å²) in [6.45, 7) is 0.570. The molecule has 0 aliphatic heterocycles. The van der Waals surface area contributed by atoms with Crippen LogP contribution in [0.3, 0.4) is 0 Å². The maximum atomic E-state index is 13.2. The average molecular weight is 319 g/mol. The van der Waals surface area contributed by atoms with Crippen LogP contribution >= 0.6 is 0 Å². The number of methoxy groups -OCH3 is 2. The number of hydrogen-bond acceptors (Lipinski definition) is 4. The van der Waals surface area contributed by atoms with Crippen LogP contribution in [0.4, 0.5) is 4.39 Å². The third-order valence-corrected chi connectivity index (χ3v) is 3.12. The van der Waals surface area contributed by atoms with Crippen molar-refractivity contribution in [1.29, 1.82) is 0 Å². The van der Waals surface area contributed by atoms with Crippen molar-refractivity contribution < 1.29 is 23.4 Å². The minimum absolute atomic E-state index is 0.150. The van der Waals surface area contributed by atoms with Crippen LogP contribution in [0, 0.1) is 5.82 Å². The van der Waals surface area contributed by atoms with Gasteiger partial charge in [0.1, 0.15) is 29.7 Å². The molecule has 0 spiro atoms. The Kier molecular flexibility index (Phi) is 5.80. The second-order valence-corrected chi connectivity index (χ2v) is 4.62. The molecule has 0 heterocycles. The lowest BCUT2D eigenvalue weighted by atomic mass is 10.2. The fraction of sp³-hybridized carbons (Fsp3) is 0.235. The van der Waals surface area contributed by atoms with Crippen molar-refractivity contribution in [2.24, 2.45) is 0 Å². The summed E-state index contributed by atoms with van der Waals surface area (Å²) in [4.78, 5) is 12.0. The Balaban J connectivity index is 1.83. The van der Waals surface area contributed by atoms with Crippen LogP contribution in [0.1, 0.15) is 10.4 Å². The second kappa shape index (κ2) is 8.03. The van der Waals surface area contributed by atoms with Gasteiger partial charge in [0.05, 0.1) is 26.3 Å². The molecule has 0 fully saturated rings. The Morgan fingerprint density at radius 3 is 2.39 bits per heavy atom. The minimum atomic E-state index is -0.495. The molecule has 0 unspecified atom stereocenters. The summed E-state index contributed by atoms with van der Waals surface area (Å²) >= 11 is 0. The Bertz CT molecular complexity index is 658. The number of ether oxygens (including phenoxy) is 3. The maximum Gasteiger partial charge on any atom is 0.255 e. The van der Waals surface area contributed by atoms with E-state index in [0.717, 1.165) is 11.8 Å². The van der Waals surface area contributed by atoms with Crippen molar-refractivity contribution in [2.45, 2.75) is 0 Å². The zero-order chi connectivity index (χ0) is 16.7. The minimum Gasteiger partial charge on any atom is -0.497 e. The van der Waals surface area contributed by atoms with E-state index in [9.17, 15) is 9.18 Å². The topological polar surface area (TPSA) is 56.8 Å². The number of rotatable bonds is 7. The molecule has 0 aromatic heterocycles. The van der Waals surface area contributed by atoms with Crippen LogP contribution in [0.25, 0.3) is 0 Å². The van der Waals surface area contributed by atoms with E-state index in [4.69, 9.17) is 14.2 Å².